The van der Waals surface area contributed by atoms with Crippen molar-refractivity contribution in [1.29, 1.82) is 0 Å². The number of nitrogens with one attached hydrogen (secondary N) is 2. The van der Waals surface area contributed by atoms with E-state index < -0.39 is 17.6 Å². The number of halogens is 3. The quantitative estimate of drug-likeness (QED) is 0.890. The van der Waals surface area contributed by atoms with E-state index in [1.807, 2.05) is 0 Å². The molecule has 0 aromatic carbocycles. The van der Waals surface area contributed by atoms with Crippen LogP contribution >= 0.6 is 0 Å². The summed E-state index contributed by atoms with van der Waals surface area (Å²) in [7, 11) is 0. The molecule has 0 saturated carbocycles. The minimum absolute atomic E-state index is 0.00480. The highest BCUT2D eigenvalue weighted by atomic mass is 19.4. The van der Waals surface area contributed by atoms with Crippen LogP contribution in [-0.2, 0) is 6.18 Å². The van der Waals surface area contributed by atoms with E-state index in [9.17, 15) is 18.0 Å². The molecule has 2 aromatic rings. The molecule has 0 radical (unpaired) electrons. The zero-order valence-electron chi connectivity index (χ0n) is 12.0. The van der Waals surface area contributed by atoms with Crippen LogP contribution < -0.4 is 10.6 Å². The summed E-state index contributed by atoms with van der Waals surface area (Å²) < 4.78 is 43.6. The minimum atomic E-state index is -4.53. The van der Waals surface area contributed by atoms with Gasteiger partial charge < -0.3 is 15.1 Å². The molecule has 4 heterocycles. The average Bonchev–Trinajstić information content (AvgIpc) is 3.20. The number of rotatable bonds is 2. The molecule has 2 aliphatic rings. The first-order valence-electron chi connectivity index (χ1n) is 7.43. The van der Waals surface area contributed by atoms with Gasteiger partial charge in [0.25, 0.3) is 5.91 Å². The largest absolute Gasteiger partial charge is 0.462 e. The smallest absolute Gasteiger partial charge is 0.420 e. The number of hydrogen-bond acceptors (Lipinski definition) is 4. The molecular weight excluding hydrogens is 311 g/mol. The molecule has 0 aliphatic carbocycles. The summed E-state index contributed by atoms with van der Waals surface area (Å²) in [5.74, 6) is -0.458. The molecule has 4 rings (SSSR count). The number of fused-ring (bicyclic) bond motifs is 3. The van der Waals surface area contributed by atoms with E-state index in [0.29, 0.717) is 12.3 Å². The molecule has 8 heteroatoms. The van der Waals surface area contributed by atoms with Gasteiger partial charge in [-0.2, -0.15) is 13.2 Å². The Bertz CT molecular complexity index is 771. The monoisotopic (exact) mass is 325 g/mol. The van der Waals surface area contributed by atoms with Crippen molar-refractivity contribution < 1.29 is 22.4 Å². The third kappa shape index (κ3) is 2.46. The highest BCUT2D eigenvalue weighted by Crippen LogP contribution is 2.36. The molecule has 2 aliphatic heterocycles. The Morgan fingerprint density at radius 2 is 2.22 bits per heavy atom. The lowest BCUT2D eigenvalue weighted by Crippen LogP contribution is -2.43. The summed E-state index contributed by atoms with van der Waals surface area (Å²) in [5.41, 5.74) is -0.923. The Morgan fingerprint density at radius 1 is 1.39 bits per heavy atom. The Labute approximate surface area is 129 Å². The minimum Gasteiger partial charge on any atom is -0.462 e. The molecular formula is C15H14F3N3O2. The second-order valence-corrected chi connectivity index (χ2v) is 6.08. The first-order chi connectivity index (χ1) is 10.9. The van der Waals surface area contributed by atoms with Gasteiger partial charge in [-0.15, -0.1) is 0 Å². The maximum atomic E-state index is 12.9. The summed E-state index contributed by atoms with van der Waals surface area (Å²) in [4.78, 5) is 16.2. The lowest BCUT2D eigenvalue weighted by molar-refractivity contribution is -0.136. The lowest BCUT2D eigenvalue weighted by Gasteiger charge is -2.21. The molecule has 3 atom stereocenters. The first-order valence-corrected chi connectivity index (χ1v) is 7.43. The Morgan fingerprint density at radius 3 is 2.87 bits per heavy atom. The molecule has 2 bridgehead atoms. The second-order valence-electron chi connectivity index (χ2n) is 6.08. The van der Waals surface area contributed by atoms with Crippen molar-refractivity contribution >= 4 is 16.9 Å². The fourth-order valence-electron chi connectivity index (χ4n) is 3.50. The van der Waals surface area contributed by atoms with E-state index in [1.165, 1.54) is 0 Å². The topological polar surface area (TPSA) is 67.2 Å². The maximum absolute atomic E-state index is 12.9. The summed E-state index contributed by atoms with van der Waals surface area (Å²) in [6.07, 6.45) is 0.215. The number of amides is 1. The predicted molar refractivity (Wildman–Crippen MR) is 74.8 cm³/mol. The molecule has 5 nitrogen and oxygen atoms in total. The van der Waals surface area contributed by atoms with Crippen LogP contribution in [0.2, 0.25) is 0 Å². The van der Waals surface area contributed by atoms with Gasteiger partial charge in [0.15, 0.2) is 5.58 Å². The van der Waals surface area contributed by atoms with Crippen LogP contribution in [0.25, 0.3) is 11.0 Å². The fourth-order valence-corrected chi connectivity index (χ4v) is 3.50. The zero-order valence-corrected chi connectivity index (χ0v) is 12.0. The van der Waals surface area contributed by atoms with Gasteiger partial charge >= 0.3 is 6.18 Å². The van der Waals surface area contributed by atoms with Crippen molar-refractivity contribution in [2.45, 2.75) is 43.6 Å². The number of furan rings is 1. The van der Waals surface area contributed by atoms with E-state index in [0.717, 1.165) is 31.5 Å². The average molecular weight is 325 g/mol. The van der Waals surface area contributed by atoms with Crippen LogP contribution in [-0.4, -0.2) is 29.0 Å². The van der Waals surface area contributed by atoms with E-state index in [2.05, 4.69) is 15.6 Å². The highest BCUT2D eigenvalue weighted by molar-refractivity contribution is 5.96. The highest BCUT2D eigenvalue weighted by Gasteiger charge is 2.40. The van der Waals surface area contributed by atoms with Gasteiger partial charge in [-0.25, -0.2) is 4.98 Å². The van der Waals surface area contributed by atoms with E-state index in [4.69, 9.17) is 4.42 Å². The number of pyridine rings is 1. The van der Waals surface area contributed by atoms with Gasteiger partial charge in [-0.3, -0.25) is 4.79 Å². The molecule has 2 saturated heterocycles. The van der Waals surface area contributed by atoms with E-state index >= 15 is 0 Å². The maximum Gasteiger partial charge on any atom is 0.420 e. The van der Waals surface area contributed by atoms with Gasteiger partial charge in [-0.05, 0) is 25.3 Å². The number of nitrogens with zero attached hydrogens (tertiary/aromatic N) is 1. The van der Waals surface area contributed by atoms with Crippen molar-refractivity contribution in [1.82, 2.24) is 15.6 Å². The summed E-state index contributed by atoms with van der Waals surface area (Å²) in [6.45, 7) is 0. The van der Waals surface area contributed by atoms with Gasteiger partial charge in [0, 0.05) is 23.5 Å². The first kappa shape index (κ1) is 14.5. The van der Waals surface area contributed by atoms with Crippen LogP contribution in [0.1, 0.15) is 35.3 Å². The third-order valence-electron chi connectivity index (χ3n) is 4.62. The normalized spacial score (nSPS) is 26.8. The van der Waals surface area contributed by atoms with Crippen molar-refractivity contribution in [2.75, 3.05) is 0 Å². The Hall–Kier alpha value is -2.09. The summed E-state index contributed by atoms with van der Waals surface area (Å²) >= 11 is 0. The summed E-state index contributed by atoms with van der Waals surface area (Å²) in [6, 6.07) is 1.81. The van der Waals surface area contributed by atoms with Crippen LogP contribution in [0.3, 0.4) is 0 Å². The summed E-state index contributed by atoms with van der Waals surface area (Å²) in [5, 5.41) is 6.11. The number of carbonyl (C=O) groups excluding carboxylic acids is 1. The van der Waals surface area contributed by atoms with Crippen molar-refractivity contribution in [3.63, 3.8) is 0 Å². The Balaban J connectivity index is 1.60. The van der Waals surface area contributed by atoms with Crippen molar-refractivity contribution in [3.8, 4) is 0 Å². The van der Waals surface area contributed by atoms with Crippen LogP contribution in [0.5, 0.6) is 0 Å². The van der Waals surface area contributed by atoms with Gasteiger partial charge in [0.2, 0.25) is 0 Å². The molecule has 23 heavy (non-hydrogen) atoms. The third-order valence-corrected chi connectivity index (χ3v) is 4.62. The molecule has 0 unspecified atom stereocenters. The van der Waals surface area contributed by atoms with E-state index in [-0.39, 0.29) is 28.7 Å². The molecule has 2 N–H and O–H groups in total. The Kier molecular flexibility index (Phi) is 3.12. The molecule has 2 aromatic heterocycles. The second kappa shape index (κ2) is 4.95. The molecule has 2 fully saturated rings. The van der Waals surface area contributed by atoms with Crippen molar-refractivity contribution in [2.24, 2.45) is 0 Å². The standard InChI is InChI=1S/C15H14F3N3O2/c16-15(17,18)9-6-23-13-5-19-12(4-8(9)13)14(22)21-11-3-7-1-2-10(11)20-7/h4-7,10-11,20H,1-3H2,(H,21,22)/t7-,10+,11-/m1/s1. The fraction of sp³-hybridized carbons (Fsp3) is 0.467. The predicted octanol–water partition coefficient (Wildman–Crippen LogP) is 2.47. The molecule has 1 amide bonds. The lowest BCUT2D eigenvalue weighted by atomic mass is 9.95. The molecule has 0 spiro atoms. The number of aromatic nitrogens is 1. The zero-order chi connectivity index (χ0) is 16.2. The van der Waals surface area contributed by atoms with Crippen LogP contribution in [0, 0.1) is 0 Å². The molecule has 122 valence electrons. The van der Waals surface area contributed by atoms with E-state index in [1.54, 1.807) is 0 Å². The van der Waals surface area contributed by atoms with Gasteiger partial charge in [0.05, 0.1) is 6.20 Å². The number of hydrogen-bond donors (Lipinski definition) is 2. The number of alkyl halides is 3. The van der Waals surface area contributed by atoms with Crippen LogP contribution in [0.15, 0.2) is 22.9 Å². The number of carbonyl (C=O) groups is 1. The van der Waals surface area contributed by atoms with Gasteiger partial charge in [-0.1, -0.05) is 0 Å². The van der Waals surface area contributed by atoms with Crippen LogP contribution in [0.4, 0.5) is 13.2 Å². The van der Waals surface area contributed by atoms with Crippen molar-refractivity contribution in [3.05, 3.63) is 29.8 Å². The SMILES string of the molecule is O=C(N[C@@H]1C[C@H]2CC[C@@H]1N2)c1cc2c(C(F)(F)F)coc2cn1. The van der Waals surface area contributed by atoms with Gasteiger partial charge in [0.1, 0.15) is 17.5 Å².